The number of allylic oxidation sites excluding steroid dienone is 15. The highest BCUT2D eigenvalue weighted by Gasteiger charge is 2.27. The van der Waals surface area contributed by atoms with E-state index in [0.29, 0.717) is 17.4 Å². The molecule has 0 aromatic heterocycles. The third-order valence-corrected chi connectivity index (χ3v) is 17.5. The van der Waals surface area contributed by atoms with Gasteiger partial charge < -0.3 is 28.5 Å². The number of rotatable bonds is 68. The van der Waals surface area contributed by atoms with Crippen molar-refractivity contribution in [2.24, 2.45) is 0 Å². The first-order valence-electron chi connectivity index (χ1n) is 37.5. The van der Waals surface area contributed by atoms with Gasteiger partial charge in [0.2, 0.25) is 5.91 Å². The van der Waals surface area contributed by atoms with Crippen molar-refractivity contribution in [1.82, 2.24) is 5.32 Å². The SMILES string of the molecule is CC/C=C\C/C=C\C/C=C\C/C=C\C/C=C\C/C=C\CCCCCCCCCCC(=O)NC(COP(=O)([O-])OCC[N+](C)(C)C)C(/C=C\CCCCCCCCCCCCC)OC(=O)CCCCCCCCCCCCCCC/C=C/CCCCCCCC. The molecule has 0 aromatic rings. The number of amides is 1. The standard InChI is InChI=1S/C79H143N2O7P/c1-7-10-13-16-19-22-25-28-30-32-34-36-38-39-40-41-43-44-46-48-50-53-56-59-62-65-68-71-78(82)80-76(75-87-89(84,85)86-74-73-81(4,5)6)77(70-67-64-61-58-55-52-27-24-21-18-15-12-9-3)88-79(83)72-69-66-63-60-57-54-51-49-47-45-42-37-35-33-31-29-26-23-20-17-14-11-8-2/h10,13,19,22,28-31,34,36,39-40,43-44,67,70,76-77H,7-9,11-12,14-18,20-21,23-27,32-33,35,37-38,41-42,45-66,68-69,71-75H2,1-6H3,(H-,80,82,84,85)/b13-10-,22-19-,30-28-,31-29+,36-34-,40-39-,44-43-,70-67-. The van der Waals surface area contributed by atoms with Crippen molar-refractivity contribution < 1.29 is 37.3 Å². The zero-order chi connectivity index (χ0) is 64.9. The fraction of sp³-hybridized carbons (Fsp3) is 0.772. The molecule has 0 aromatic carbocycles. The molecule has 516 valence electrons. The summed E-state index contributed by atoms with van der Waals surface area (Å²) >= 11 is 0. The molecule has 0 aliphatic heterocycles. The van der Waals surface area contributed by atoms with Crippen LogP contribution in [0.2, 0.25) is 0 Å². The van der Waals surface area contributed by atoms with E-state index in [1.807, 2.05) is 33.3 Å². The van der Waals surface area contributed by atoms with Gasteiger partial charge in [-0.15, -0.1) is 0 Å². The van der Waals surface area contributed by atoms with Gasteiger partial charge in [-0.05, 0) is 109 Å². The van der Waals surface area contributed by atoms with Gasteiger partial charge in [0, 0.05) is 12.8 Å². The Balaban J connectivity index is 5.07. The number of carbonyl (C=O) groups is 2. The smallest absolute Gasteiger partial charge is 0.306 e. The second kappa shape index (κ2) is 67.8. The normalized spacial score (nSPS) is 14.0. The maximum atomic E-state index is 13.6. The number of esters is 1. The molecule has 0 radical (unpaired) electrons. The van der Waals surface area contributed by atoms with Crippen LogP contribution < -0.4 is 10.2 Å². The van der Waals surface area contributed by atoms with E-state index in [0.717, 1.165) is 109 Å². The van der Waals surface area contributed by atoms with Crippen LogP contribution in [0.25, 0.3) is 0 Å². The van der Waals surface area contributed by atoms with Crippen LogP contribution in [0.4, 0.5) is 0 Å². The summed E-state index contributed by atoms with van der Waals surface area (Å²) in [5.74, 6) is -0.543. The fourth-order valence-electron chi connectivity index (χ4n) is 10.8. The van der Waals surface area contributed by atoms with Gasteiger partial charge in [0.25, 0.3) is 7.82 Å². The Bertz CT molecular complexity index is 1840. The van der Waals surface area contributed by atoms with Gasteiger partial charge in [-0.3, -0.25) is 14.2 Å². The molecule has 1 N–H and O–H groups in total. The third kappa shape index (κ3) is 69.1. The zero-order valence-electron chi connectivity index (χ0n) is 59.1. The second-order valence-corrected chi connectivity index (χ2v) is 27.8. The number of phosphoric acid groups is 1. The van der Waals surface area contributed by atoms with Crippen molar-refractivity contribution in [2.45, 2.75) is 354 Å². The maximum Gasteiger partial charge on any atom is 0.306 e. The highest BCUT2D eigenvalue weighted by molar-refractivity contribution is 7.45. The molecule has 3 unspecified atom stereocenters. The summed E-state index contributed by atoms with van der Waals surface area (Å²) < 4.78 is 30.5. The monoisotopic (exact) mass is 1260 g/mol. The summed E-state index contributed by atoms with van der Waals surface area (Å²) in [6, 6.07) is -0.899. The van der Waals surface area contributed by atoms with Crippen LogP contribution in [-0.2, 0) is 27.9 Å². The van der Waals surface area contributed by atoms with Crippen LogP contribution in [0.5, 0.6) is 0 Å². The average molecular weight is 1260 g/mol. The van der Waals surface area contributed by atoms with Gasteiger partial charge in [-0.25, -0.2) is 0 Å². The van der Waals surface area contributed by atoms with Gasteiger partial charge in [0.15, 0.2) is 0 Å². The minimum Gasteiger partial charge on any atom is -0.756 e. The molecular formula is C79H143N2O7P. The molecule has 0 bridgehead atoms. The van der Waals surface area contributed by atoms with Crippen molar-refractivity contribution in [1.29, 1.82) is 0 Å². The molecule has 0 fully saturated rings. The quantitative estimate of drug-likeness (QED) is 0.0212. The lowest BCUT2D eigenvalue weighted by atomic mass is 10.0. The molecule has 1 amide bonds. The van der Waals surface area contributed by atoms with E-state index in [4.69, 9.17) is 13.8 Å². The molecule has 0 spiro atoms. The Morgan fingerprint density at radius 2 is 0.719 bits per heavy atom. The first kappa shape index (κ1) is 85.9. The predicted molar refractivity (Wildman–Crippen MR) is 385 cm³/mol. The number of likely N-dealkylation sites (N-methyl/N-ethyl adjacent to an activating group) is 1. The van der Waals surface area contributed by atoms with Crippen LogP contribution >= 0.6 is 7.82 Å². The van der Waals surface area contributed by atoms with Crippen LogP contribution in [0.1, 0.15) is 342 Å². The zero-order valence-corrected chi connectivity index (χ0v) is 60.0. The molecule has 10 heteroatoms. The number of unbranched alkanes of at least 4 members (excludes halogenated alkanes) is 38. The lowest BCUT2D eigenvalue weighted by Crippen LogP contribution is -2.47. The molecule has 0 heterocycles. The summed E-state index contributed by atoms with van der Waals surface area (Å²) in [5, 5.41) is 3.05. The van der Waals surface area contributed by atoms with Gasteiger partial charge in [0.1, 0.15) is 19.3 Å². The number of carbonyl (C=O) groups excluding carboxylic acids is 2. The molecule has 89 heavy (non-hydrogen) atoms. The van der Waals surface area contributed by atoms with Crippen molar-refractivity contribution >= 4 is 19.7 Å². The summed E-state index contributed by atoms with van der Waals surface area (Å²) in [6.45, 7) is 6.76. The molecule has 9 nitrogen and oxygen atoms in total. The summed E-state index contributed by atoms with van der Waals surface area (Å²) in [4.78, 5) is 40.3. The van der Waals surface area contributed by atoms with Crippen molar-refractivity contribution in [3.05, 3.63) is 97.2 Å². The Hall–Kier alpha value is -3.07. The highest BCUT2D eigenvalue weighted by Crippen LogP contribution is 2.38. The second-order valence-electron chi connectivity index (χ2n) is 26.4. The largest absolute Gasteiger partial charge is 0.756 e. The molecule has 0 aliphatic carbocycles. The minimum atomic E-state index is -4.71. The van der Waals surface area contributed by atoms with Crippen LogP contribution in [0.3, 0.4) is 0 Å². The van der Waals surface area contributed by atoms with Crippen LogP contribution in [0, 0.1) is 0 Å². The summed E-state index contributed by atoms with van der Waals surface area (Å²) in [6.07, 6.45) is 92.5. The number of hydrogen-bond acceptors (Lipinski definition) is 7. The minimum absolute atomic E-state index is 0.0269. The van der Waals surface area contributed by atoms with E-state index < -0.39 is 26.6 Å². The summed E-state index contributed by atoms with van der Waals surface area (Å²) in [7, 11) is 1.18. The van der Waals surface area contributed by atoms with Crippen molar-refractivity contribution in [3.63, 3.8) is 0 Å². The Labute approximate surface area is 551 Å². The van der Waals surface area contributed by atoms with Crippen LogP contribution in [0.15, 0.2) is 97.2 Å². The molecule has 3 atom stereocenters. The molecule has 0 saturated carbocycles. The Kier molecular flexibility index (Phi) is 65.5. The Morgan fingerprint density at radius 3 is 1.09 bits per heavy atom. The van der Waals surface area contributed by atoms with E-state index >= 15 is 0 Å². The number of nitrogens with zero attached hydrogens (tertiary/aromatic N) is 1. The first-order valence-corrected chi connectivity index (χ1v) is 39.0. The summed E-state index contributed by atoms with van der Waals surface area (Å²) in [5.41, 5.74) is 0. The third-order valence-electron chi connectivity index (χ3n) is 16.5. The molecular weight excluding hydrogens is 1120 g/mol. The number of hydrogen-bond donors (Lipinski definition) is 1. The highest BCUT2D eigenvalue weighted by atomic mass is 31.2. The van der Waals surface area contributed by atoms with E-state index in [-0.39, 0.29) is 24.9 Å². The van der Waals surface area contributed by atoms with E-state index in [9.17, 15) is 19.0 Å². The lowest BCUT2D eigenvalue weighted by Gasteiger charge is -2.30. The molecule has 0 aliphatic rings. The fourth-order valence-corrected chi connectivity index (χ4v) is 11.5. The first-order chi connectivity index (χ1) is 43.4. The van der Waals surface area contributed by atoms with Gasteiger partial charge in [-0.1, -0.05) is 317 Å². The van der Waals surface area contributed by atoms with Gasteiger partial charge in [-0.2, -0.15) is 0 Å². The van der Waals surface area contributed by atoms with Gasteiger partial charge >= 0.3 is 5.97 Å². The number of phosphoric ester groups is 1. The molecule has 0 rings (SSSR count). The maximum absolute atomic E-state index is 13.6. The number of nitrogens with one attached hydrogen (secondary N) is 1. The predicted octanol–water partition coefficient (Wildman–Crippen LogP) is 23.6. The van der Waals surface area contributed by atoms with E-state index in [1.54, 1.807) is 0 Å². The van der Waals surface area contributed by atoms with Crippen molar-refractivity contribution in [3.8, 4) is 0 Å². The van der Waals surface area contributed by atoms with Crippen molar-refractivity contribution in [2.75, 3.05) is 40.9 Å². The van der Waals surface area contributed by atoms with E-state index in [2.05, 4.69) is 111 Å². The van der Waals surface area contributed by atoms with E-state index in [1.165, 1.54) is 199 Å². The lowest BCUT2D eigenvalue weighted by molar-refractivity contribution is -0.870. The topological polar surface area (TPSA) is 114 Å². The Morgan fingerprint density at radius 1 is 0.404 bits per heavy atom. The number of quaternary nitrogens is 1. The molecule has 0 saturated heterocycles. The van der Waals surface area contributed by atoms with Gasteiger partial charge in [0.05, 0.1) is 33.8 Å². The number of ether oxygens (including phenoxy) is 1. The van der Waals surface area contributed by atoms with Crippen LogP contribution in [-0.4, -0.2) is 69.4 Å². The average Bonchev–Trinajstić information content (AvgIpc) is 3.65.